The molecule has 5 heteroatoms. The predicted molar refractivity (Wildman–Crippen MR) is 87.4 cm³/mol. The standard InChI is InChI=1S/C17H18FN3S/c18-13-5-6-14-11(7-13)8-15(22-14)16-19-17(21-20-16)9-10-1-3-12(17)4-2-10/h5-8,10,12,21H,1-4,9H2,(H,19,20). The maximum atomic E-state index is 13.4. The van der Waals surface area contributed by atoms with E-state index in [1.165, 1.54) is 31.7 Å². The number of rotatable bonds is 1. The van der Waals surface area contributed by atoms with Gasteiger partial charge in [-0.15, -0.1) is 11.3 Å². The number of hydrazine groups is 1. The minimum atomic E-state index is -0.183. The first kappa shape index (κ1) is 13.0. The molecule has 3 saturated carbocycles. The van der Waals surface area contributed by atoms with Crippen molar-refractivity contribution in [2.75, 3.05) is 0 Å². The van der Waals surface area contributed by atoms with E-state index in [0.717, 1.165) is 33.1 Å². The van der Waals surface area contributed by atoms with Gasteiger partial charge in [0, 0.05) is 4.70 Å². The molecule has 6 rings (SSSR count). The third kappa shape index (κ3) is 1.85. The molecule has 0 radical (unpaired) electrons. The highest BCUT2D eigenvalue weighted by Gasteiger charge is 2.50. The van der Waals surface area contributed by atoms with E-state index >= 15 is 0 Å². The van der Waals surface area contributed by atoms with Gasteiger partial charge in [-0.25, -0.2) is 14.8 Å². The van der Waals surface area contributed by atoms with Gasteiger partial charge in [-0.3, -0.25) is 0 Å². The van der Waals surface area contributed by atoms with Gasteiger partial charge in [-0.2, -0.15) is 0 Å². The van der Waals surface area contributed by atoms with Crippen molar-refractivity contribution in [3.05, 3.63) is 35.0 Å². The number of amidine groups is 1. The van der Waals surface area contributed by atoms with E-state index in [9.17, 15) is 4.39 Å². The molecule has 2 bridgehead atoms. The minimum Gasteiger partial charge on any atom is -0.303 e. The number of aliphatic imine (C=N–C) groups is 1. The highest BCUT2D eigenvalue weighted by molar-refractivity contribution is 7.20. The Balaban J connectivity index is 1.53. The second kappa shape index (κ2) is 4.52. The fraction of sp³-hybridized carbons (Fsp3) is 0.471. The fourth-order valence-electron chi connectivity index (χ4n) is 4.41. The summed E-state index contributed by atoms with van der Waals surface area (Å²) in [6.07, 6.45) is 6.44. The molecule has 1 aliphatic heterocycles. The van der Waals surface area contributed by atoms with Crippen molar-refractivity contribution in [2.45, 2.75) is 37.8 Å². The van der Waals surface area contributed by atoms with Crippen molar-refractivity contribution < 1.29 is 4.39 Å². The van der Waals surface area contributed by atoms with E-state index in [0.29, 0.717) is 5.92 Å². The lowest BCUT2D eigenvalue weighted by atomic mass is 9.65. The maximum absolute atomic E-state index is 13.4. The summed E-state index contributed by atoms with van der Waals surface area (Å²) in [5, 5.41) is 0.954. The molecule has 22 heavy (non-hydrogen) atoms. The third-order valence-electron chi connectivity index (χ3n) is 5.54. The van der Waals surface area contributed by atoms with Gasteiger partial charge < -0.3 is 5.43 Å². The smallest absolute Gasteiger partial charge is 0.155 e. The molecule has 1 atom stereocenters. The number of fused-ring (bicyclic) bond motifs is 3. The Hall–Kier alpha value is -1.46. The number of hydrogen-bond donors (Lipinski definition) is 2. The molecular weight excluding hydrogens is 297 g/mol. The fourth-order valence-corrected chi connectivity index (χ4v) is 5.40. The lowest BCUT2D eigenvalue weighted by Crippen LogP contribution is -2.56. The lowest BCUT2D eigenvalue weighted by Gasteiger charge is -2.47. The number of thiophene rings is 1. The van der Waals surface area contributed by atoms with E-state index in [1.807, 2.05) is 12.1 Å². The van der Waals surface area contributed by atoms with Crippen LogP contribution in [0, 0.1) is 17.7 Å². The van der Waals surface area contributed by atoms with Gasteiger partial charge in [0.05, 0.1) is 4.88 Å². The van der Waals surface area contributed by atoms with E-state index in [4.69, 9.17) is 4.99 Å². The topological polar surface area (TPSA) is 36.4 Å². The summed E-state index contributed by atoms with van der Waals surface area (Å²) in [4.78, 5) is 6.15. The third-order valence-corrected chi connectivity index (χ3v) is 6.67. The summed E-state index contributed by atoms with van der Waals surface area (Å²) in [5.41, 5.74) is 6.70. The Bertz CT molecular complexity index is 775. The van der Waals surface area contributed by atoms with E-state index in [-0.39, 0.29) is 11.5 Å². The summed E-state index contributed by atoms with van der Waals surface area (Å²) >= 11 is 1.67. The van der Waals surface area contributed by atoms with Crippen LogP contribution in [0.1, 0.15) is 37.0 Å². The van der Waals surface area contributed by atoms with E-state index < -0.39 is 0 Å². The second-order valence-electron chi connectivity index (χ2n) is 6.85. The van der Waals surface area contributed by atoms with Crippen LogP contribution in [0.4, 0.5) is 4.39 Å². The van der Waals surface area contributed by atoms with Gasteiger partial charge in [-0.1, -0.05) is 0 Å². The van der Waals surface area contributed by atoms with Crippen LogP contribution in [0.5, 0.6) is 0 Å². The van der Waals surface area contributed by atoms with Gasteiger partial charge in [-0.05, 0) is 73.6 Å². The van der Waals surface area contributed by atoms with Crippen molar-refractivity contribution in [1.29, 1.82) is 0 Å². The Kier molecular flexibility index (Phi) is 2.68. The largest absolute Gasteiger partial charge is 0.303 e. The number of nitrogens with one attached hydrogen (secondary N) is 2. The van der Waals surface area contributed by atoms with E-state index in [2.05, 4.69) is 10.9 Å². The summed E-state index contributed by atoms with van der Waals surface area (Å²) in [6, 6.07) is 7.00. The summed E-state index contributed by atoms with van der Waals surface area (Å²) in [5.74, 6) is 2.21. The molecule has 1 unspecified atom stereocenters. The first-order valence-corrected chi connectivity index (χ1v) is 8.86. The molecule has 1 spiro atoms. The molecule has 114 valence electrons. The molecule has 1 aromatic heterocycles. The van der Waals surface area contributed by atoms with Crippen LogP contribution in [-0.2, 0) is 0 Å². The van der Waals surface area contributed by atoms with Gasteiger partial charge in [0.1, 0.15) is 11.5 Å². The molecule has 2 N–H and O–H groups in total. The molecule has 4 aliphatic rings. The minimum absolute atomic E-state index is 0.0993. The normalized spacial score (nSPS) is 33.4. The van der Waals surface area contributed by atoms with Crippen LogP contribution >= 0.6 is 11.3 Å². The average Bonchev–Trinajstić information content (AvgIpc) is 3.12. The molecule has 0 amide bonds. The number of halogens is 1. The quantitative estimate of drug-likeness (QED) is 0.840. The highest BCUT2D eigenvalue weighted by Crippen LogP contribution is 2.49. The van der Waals surface area contributed by atoms with Crippen molar-refractivity contribution in [2.24, 2.45) is 16.8 Å². The van der Waals surface area contributed by atoms with Crippen LogP contribution in [0.25, 0.3) is 10.1 Å². The van der Waals surface area contributed by atoms with Crippen LogP contribution < -0.4 is 10.9 Å². The highest BCUT2D eigenvalue weighted by atomic mass is 32.1. The van der Waals surface area contributed by atoms with Crippen molar-refractivity contribution in [1.82, 2.24) is 10.9 Å². The SMILES string of the molecule is Fc1ccc2sc(C3=NC4(CC5CCC4CC5)NN3)cc2c1. The summed E-state index contributed by atoms with van der Waals surface area (Å²) in [7, 11) is 0. The molecule has 1 aromatic carbocycles. The monoisotopic (exact) mass is 315 g/mol. The molecule has 3 nitrogen and oxygen atoms in total. The zero-order valence-corrected chi connectivity index (χ0v) is 13.0. The average molecular weight is 315 g/mol. The Morgan fingerprint density at radius 1 is 1.18 bits per heavy atom. The van der Waals surface area contributed by atoms with Gasteiger partial charge in [0.25, 0.3) is 0 Å². The van der Waals surface area contributed by atoms with Crippen LogP contribution in [0.3, 0.4) is 0 Å². The Morgan fingerprint density at radius 2 is 2.05 bits per heavy atom. The molecule has 0 saturated heterocycles. The number of nitrogens with zero attached hydrogens (tertiary/aromatic N) is 1. The first-order valence-electron chi connectivity index (χ1n) is 8.04. The Labute approximate surface area is 132 Å². The predicted octanol–water partition coefficient (Wildman–Crippen LogP) is 3.80. The molecule has 2 aromatic rings. The summed E-state index contributed by atoms with van der Waals surface area (Å²) < 4.78 is 14.5. The lowest BCUT2D eigenvalue weighted by molar-refractivity contribution is 0.0506. The zero-order chi connectivity index (χ0) is 14.7. The molecular formula is C17H18FN3S. The van der Waals surface area contributed by atoms with E-state index in [1.54, 1.807) is 17.4 Å². The Morgan fingerprint density at radius 3 is 2.82 bits per heavy atom. The van der Waals surface area contributed by atoms with Crippen LogP contribution in [0.2, 0.25) is 0 Å². The van der Waals surface area contributed by atoms with Gasteiger partial charge >= 0.3 is 0 Å². The van der Waals surface area contributed by atoms with Crippen molar-refractivity contribution in [3.63, 3.8) is 0 Å². The van der Waals surface area contributed by atoms with Crippen molar-refractivity contribution in [3.8, 4) is 0 Å². The maximum Gasteiger partial charge on any atom is 0.155 e. The first-order chi connectivity index (χ1) is 10.7. The molecule has 2 heterocycles. The number of hydrogen-bond acceptors (Lipinski definition) is 4. The summed E-state index contributed by atoms with van der Waals surface area (Å²) in [6.45, 7) is 0. The number of benzene rings is 1. The van der Waals surface area contributed by atoms with Crippen molar-refractivity contribution >= 4 is 27.3 Å². The van der Waals surface area contributed by atoms with Crippen LogP contribution in [0.15, 0.2) is 29.3 Å². The zero-order valence-electron chi connectivity index (χ0n) is 12.2. The second-order valence-corrected chi connectivity index (χ2v) is 7.93. The van der Waals surface area contributed by atoms with Gasteiger partial charge in [0.15, 0.2) is 5.84 Å². The molecule has 3 fully saturated rings. The van der Waals surface area contributed by atoms with Gasteiger partial charge in [0.2, 0.25) is 0 Å². The molecule has 3 aliphatic carbocycles. The van der Waals surface area contributed by atoms with Crippen LogP contribution in [-0.4, -0.2) is 11.5 Å².